The molecule has 2 saturated carbocycles. The molecule has 3 unspecified atom stereocenters. The van der Waals surface area contributed by atoms with Gasteiger partial charge in [0.1, 0.15) is 0 Å². The third-order valence-corrected chi connectivity index (χ3v) is 7.56. The summed E-state index contributed by atoms with van der Waals surface area (Å²) in [6, 6.07) is 0.262. The number of hydrogen-bond donors (Lipinski definition) is 4. The molecule has 0 aromatic rings. The first-order chi connectivity index (χ1) is 10.4. The highest BCUT2D eigenvalue weighted by Gasteiger charge is 2.61. The summed E-state index contributed by atoms with van der Waals surface area (Å²) in [4.78, 5) is 0. The maximum absolute atomic E-state index is 10.8. The summed E-state index contributed by atoms with van der Waals surface area (Å²) >= 11 is 0. The van der Waals surface area contributed by atoms with Gasteiger partial charge in [-0.1, -0.05) is 25.5 Å². The molecule has 0 radical (unpaired) electrons. The first-order valence-corrected chi connectivity index (χ1v) is 8.85. The van der Waals surface area contributed by atoms with Crippen molar-refractivity contribution in [2.75, 3.05) is 6.54 Å². The molecule has 4 rings (SSSR count). The van der Waals surface area contributed by atoms with Crippen LogP contribution in [0.1, 0.15) is 46.0 Å². The molecular weight excluding hydrogens is 278 g/mol. The minimum Gasteiger partial charge on any atom is -0.393 e. The fraction of sp³-hybridized carbons (Fsp3) is 0.889. The summed E-state index contributed by atoms with van der Waals surface area (Å²) in [5, 5.41) is 34.9. The van der Waals surface area contributed by atoms with Gasteiger partial charge in [0.15, 0.2) is 0 Å². The van der Waals surface area contributed by atoms with Crippen LogP contribution in [0.25, 0.3) is 0 Å². The van der Waals surface area contributed by atoms with Gasteiger partial charge in [0, 0.05) is 29.3 Å². The zero-order chi connectivity index (χ0) is 15.7. The van der Waals surface area contributed by atoms with Crippen LogP contribution in [0.15, 0.2) is 11.6 Å². The van der Waals surface area contributed by atoms with Crippen molar-refractivity contribution in [2.24, 2.45) is 22.7 Å². The monoisotopic (exact) mass is 307 g/mol. The van der Waals surface area contributed by atoms with Crippen LogP contribution in [-0.2, 0) is 0 Å². The van der Waals surface area contributed by atoms with Crippen LogP contribution in [0, 0.1) is 22.7 Å². The van der Waals surface area contributed by atoms with Gasteiger partial charge in [0.2, 0.25) is 0 Å². The van der Waals surface area contributed by atoms with Crippen molar-refractivity contribution >= 4 is 0 Å². The molecule has 22 heavy (non-hydrogen) atoms. The van der Waals surface area contributed by atoms with Gasteiger partial charge in [-0.05, 0) is 38.0 Å². The van der Waals surface area contributed by atoms with Crippen LogP contribution in [0.2, 0.25) is 0 Å². The SMILES string of the molecule is C[C@]12CC[C@H](O)C=C1C[C@H](O)C1C2NC[C@@]2(C)C1CC[C@@H]2O. The lowest BCUT2D eigenvalue weighted by molar-refractivity contribution is -0.0970. The quantitative estimate of drug-likeness (QED) is 0.508. The molecule has 1 aliphatic heterocycles. The van der Waals surface area contributed by atoms with E-state index in [1.165, 1.54) is 5.57 Å². The van der Waals surface area contributed by atoms with Gasteiger partial charge in [0.05, 0.1) is 18.3 Å². The predicted molar refractivity (Wildman–Crippen MR) is 84.2 cm³/mol. The Morgan fingerprint density at radius 1 is 1.14 bits per heavy atom. The van der Waals surface area contributed by atoms with E-state index >= 15 is 0 Å². The smallest absolute Gasteiger partial charge is 0.0724 e. The minimum atomic E-state index is -0.364. The largest absolute Gasteiger partial charge is 0.393 e. The number of hydrogen-bond acceptors (Lipinski definition) is 4. The second-order valence-corrected chi connectivity index (χ2v) is 8.63. The van der Waals surface area contributed by atoms with Crippen LogP contribution in [-0.4, -0.2) is 46.2 Å². The molecule has 4 aliphatic rings. The van der Waals surface area contributed by atoms with Gasteiger partial charge in [-0.2, -0.15) is 0 Å². The van der Waals surface area contributed by atoms with E-state index in [2.05, 4.69) is 19.2 Å². The van der Waals surface area contributed by atoms with Crippen molar-refractivity contribution in [3.63, 3.8) is 0 Å². The van der Waals surface area contributed by atoms with E-state index < -0.39 is 0 Å². The molecule has 8 atom stereocenters. The van der Waals surface area contributed by atoms with Crippen molar-refractivity contribution in [1.82, 2.24) is 5.32 Å². The molecule has 4 heteroatoms. The van der Waals surface area contributed by atoms with Crippen molar-refractivity contribution in [3.8, 4) is 0 Å². The van der Waals surface area contributed by atoms with E-state index in [-0.39, 0.29) is 41.1 Å². The van der Waals surface area contributed by atoms with E-state index in [1.54, 1.807) is 0 Å². The maximum atomic E-state index is 10.8. The fourth-order valence-electron chi connectivity index (χ4n) is 6.10. The molecular formula is C18H29NO3. The molecule has 3 aliphatic carbocycles. The molecule has 124 valence electrons. The normalized spacial score (nSPS) is 57.6. The molecule has 0 aromatic heterocycles. The van der Waals surface area contributed by atoms with E-state index in [1.807, 2.05) is 6.08 Å². The second-order valence-electron chi connectivity index (χ2n) is 8.63. The molecule has 1 heterocycles. The molecule has 3 fully saturated rings. The van der Waals surface area contributed by atoms with E-state index in [9.17, 15) is 15.3 Å². The van der Waals surface area contributed by atoms with Gasteiger partial charge in [-0.25, -0.2) is 0 Å². The highest BCUT2D eigenvalue weighted by Crippen LogP contribution is 2.59. The zero-order valence-corrected chi connectivity index (χ0v) is 13.6. The maximum Gasteiger partial charge on any atom is 0.0724 e. The third-order valence-electron chi connectivity index (χ3n) is 7.56. The Kier molecular flexibility index (Phi) is 3.29. The highest BCUT2D eigenvalue weighted by atomic mass is 16.3. The number of rotatable bonds is 0. The standard InChI is InChI=1S/C18H29NO3/c1-17-6-5-11(20)7-10(17)8-13(21)15-12-3-4-14(22)18(12,2)9-19-16(15)17/h7,11-16,19-22H,3-6,8-9H2,1-2H3/t11-,12?,13-,14-,15?,16?,17-,18-/m0/s1. The van der Waals surface area contributed by atoms with E-state index in [0.29, 0.717) is 12.3 Å². The number of piperidine rings is 1. The number of fused-ring (bicyclic) bond motifs is 5. The molecule has 0 bridgehead atoms. The van der Waals surface area contributed by atoms with Crippen LogP contribution in [0.5, 0.6) is 0 Å². The Hall–Kier alpha value is -0.420. The third kappa shape index (κ3) is 1.84. The summed E-state index contributed by atoms with van der Waals surface area (Å²) in [6.45, 7) is 5.32. The van der Waals surface area contributed by atoms with Crippen molar-refractivity contribution in [3.05, 3.63) is 11.6 Å². The topological polar surface area (TPSA) is 72.7 Å². The van der Waals surface area contributed by atoms with E-state index in [4.69, 9.17) is 0 Å². The lowest BCUT2D eigenvalue weighted by Gasteiger charge is -2.59. The summed E-state index contributed by atoms with van der Waals surface area (Å²) in [7, 11) is 0. The van der Waals surface area contributed by atoms with Gasteiger partial charge in [0.25, 0.3) is 0 Å². The molecule has 4 N–H and O–H groups in total. The summed E-state index contributed by atoms with van der Waals surface area (Å²) in [5.74, 6) is 0.613. The van der Waals surface area contributed by atoms with Crippen molar-refractivity contribution in [2.45, 2.75) is 70.3 Å². The first-order valence-electron chi connectivity index (χ1n) is 8.85. The average Bonchev–Trinajstić information content (AvgIpc) is 2.77. The van der Waals surface area contributed by atoms with Gasteiger partial charge in [-0.15, -0.1) is 0 Å². The summed E-state index contributed by atoms with van der Waals surface area (Å²) in [5.41, 5.74) is 1.17. The van der Waals surface area contributed by atoms with Gasteiger partial charge < -0.3 is 20.6 Å². The summed E-state index contributed by atoms with van der Waals surface area (Å²) < 4.78 is 0. The first kappa shape index (κ1) is 15.1. The number of nitrogens with one attached hydrogen (secondary N) is 1. The summed E-state index contributed by atoms with van der Waals surface area (Å²) in [6.07, 6.45) is 5.37. The van der Waals surface area contributed by atoms with Crippen molar-refractivity contribution < 1.29 is 15.3 Å². The fourth-order valence-corrected chi connectivity index (χ4v) is 6.10. The average molecular weight is 307 g/mol. The van der Waals surface area contributed by atoms with Crippen LogP contribution >= 0.6 is 0 Å². The lowest BCUT2D eigenvalue weighted by Crippen LogP contribution is -2.67. The number of aliphatic hydroxyl groups excluding tert-OH is 3. The number of aliphatic hydroxyl groups is 3. The Morgan fingerprint density at radius 2 is 1.91 bits per heavy atom. The second kappa shape index (κ2) is 4.79. The predicted octanol–water partition coefficient (Wildman–Crippen LogP) is 1.20. The Morgan fingerprint density at radius 3 is 2.68 bits per heavy atom. The minimum absolute atomic E-state index is 0.0397. The molecule has 0 aromatic carbocycles. The lowest BCUT2D eigenvalue weighted by atomic mass is 9.52. The highest BCUT2D eigenvalue weighted by molar-refractivity contribution is 5.29. The molecule has 0 amide bonds. The van der Waals surface area contributed by atoms with Gasteiger partial charge in [-0.3, -0.25) is 0 Å². The van der Waals surface area contributed by atoms with E-state index in [0.717, 1.165) is 32.2 Å². The Labute approximate surface area is 132 Å². The zero-order valence-electron chi connectivity index (χ0n) is 13.6. The molecule has 0 spiro atoms. The van der Waals surface area contributed by atoms with Crippen molar-refractivity contribution in [1.29, 1.82) is 0 Å². The Balaban J connectivity index is 1.72. The van der Waals surface area contributed by atoms with Crippen LogP contribution in [0.4, 0.5) is 0 Å². The van der Waals surface area contributed by atoms with Crippen LogP contribution < -0.4 is 5.32 Å². The van der Waals surface area contributed by atoms with Gasteiger partial charge >= 0.3 is 0 Å². The Bertz CT molecular complexity index is 507. The molecule has 1 saturated heterocycles. The molecule has 4 nitrogen and oxygen atoms in total. The van der Waals surface area contributed by atoms with Crippen LogP contribution in [0.3, 0.4) is 0 Å².